The van der Waals surface area contributed by atoms with Crippen LogP contribution in [-0.4, -0.2) is 43.7 Å². The number of fused-ring (bicyclic) bond motifs is 6. The second-order valence-electron chi connectivity index (χ2n) is 13.0. The molecule has 3 aromatic rings. The van der Waals surface area contributed by atoms with Crippen LogP contribution in [0.15, 0.2) is 58.8 Å². The summed E-state index contributed by atoms with van der Waals surface area (Å²) in [6.07, 6.45) is 8.15. The Balaban J connectivity index is 1.23. The molecule has 10 heteroatoms. The first kappa shape index (κ1) is 28.5. The Labute approximate surface area is 252 Å². The molecule has 2 aromatic heterocycles. The van der Waals surface area contributed by atoms with Gasteiger partial charge in [-0.05, 0) is 121 Å². The maximum absolute atomic E-state index is 13.7. The van der Waals surface area contributed by atoms with Gasteiger partial charge in [-0.25, -0.2) is 18.3 Å². The number of furan rings is 1. The average Bonchev–Trinajstić information content (AvgIpc) is 3.71. The van der Waals surface area contributed by atoms with E-state index in [2.05, 4.69) is 18.1 Å². The largest absolute Gasteiger partial charge is 0.457 e. The van der Waals surface area contributed by atoms with Crippen molar-refractivity contribution in [3.63, 3.8) is 0 Å². The van der Waals surface area contributed by atoms with Crippen LogP contribution in [0.4, 0.5) is 8.78 Å². The number of thioether (sulfide) groups is 1. The van der Waals surface area contributed by atoms with Gasteiger partial charge in [0.2, 0.25) is 10.9 Å². The van der Waals surface area contributed by atoms with Crippen LogP contribution in [0.5, 0.6) is 0 Å². The maximum Gasteiger partial charge on any atom is 0.375 e. The van der Waals surface area contributed by atoms with E-state index in [4.69, 9.17) is 9.15 Å². The zero-order chi connectivity index (χ0) is 30.1. The molecule has 0 spiro atoms. The number of halogens is 2. The Hall–Kier alpha value is -3.24. The third-order valence-electron chi connectivity index (χ3n) is 11.1. The van der Waals surface area contributed by atoms with Crippen molar-refractivity contribution in [2.24, 2.45) is 28.6 Å². The quantitative estimate of drug-likeness (QED) is 0.329. The van der Waals surface area contributed by atoms with Gasteiger partial charge in [0.15, 0.2) is 5.60 Å². The number of benzene rings is 1. The molecule has 43 heavy (non-hydrogen) atoms. The molecular formula is C33H34F2N2O5S. The summed E-state index contributed by atoms with van der Waals surface area (Å²) < 4.78 is 40.3. The third kappa shape index (κ3) is 4.12. The smallest absolute Gasteiger partial charge is 0.375 e. The van der Waals surface area contributed by atoms with Gasteiger partial charge in [-0.3, -0.25) is 4.79 Å². The van der Waals surface area contributed by atoms with E-state index in [-0.39, 0.29) is 47.6 Å². The van der Waals surface area contributed by atoms with Crippen molar-refractivity contribution in [3.05, 3.63) is 77.3 Å². The van der Waals surface area contributed by atoms with E-state index in [9.17, 15) is 23.5 Å². The Bertz CT molecular complexity index is 1600. The number of ether oxygens (including phenoxy) is 1. The van der Waals surface area contributed by atoms with Gasteiger partial charge in [0.05, 0.1) is 29.9 Å². The average molecular weight is 609 g/mol. The molecule has 4 aliphatic rings. The van der Waals surface area contributed by atoms with Crippen molar-refractivity contribution in [2.45, 2.75) is 64.1 Å². The molecule has 0 radical (unpaired) electrons. The SMILES string of the molecule is C[C@]12Cc3cnn(-c4ccc(F)cc4)c3C=C1CC[C@@H]1[C@@H]2[C@@H](O)C[C@@]2(C)[C@H]1CC[C@]2(OC(=O)c1ccco1)C(=O)SCF. The number of hydrogen-bond donors (Lipinski definition) is 1. The van der Waals surface area contributed by atoms with Crippen LogP contribution < -0.4 is 0 Å². The number of esters is 1. The lowest BCUT2D eigenvalue weighted by Crippen LogP contribution is -2.62. The number of rotatable bonds is 5. The number of alkyl halides is 1. The van der Waals surface area contributed by atoms with Gasteiger partial charge in [-0.1, -0.05) is 19.4 Å². The van der Waals surface area contributed by atoms with Crippen LogP contribution in [0.25, 0.3) is 11.8 Å². The molecule has 0 aliphatic heterocycles. The van der Waals surface area contributed by atoms with Gasteiger partial charge in [0.25, 0.3) is 0 Å². The summed E-state index contributed by atoms with van der Waals surface area (Å²) in [5.41, 5.74) is 1.31. The molecule has 7 atom stereocenters. The first-order valence-corrected chi connectivity index (χ1v) is 15.8. The highest BCUT2D eigenvalue weighted by Gasteiger charge is 2.70. The van der Waals surface area contributed by atoms with Crippen LogP contribution in [0, 0.1) is 34.4 Å². The molecular weight excluding hydrogens is 574 g/mol. The third-order valence-corrected chi connectivity index (χ3v) is 11.8. The summed E-state index contributed by atoms with van der Waals surface area (Å²) in [4.78, 5) is 26.8. The van der Waals surface area contributed by atoms with Gasteiger partial charge in [0, 0.05) is 5.41 Å². The van der Waals surface area contributed by atoms with Gasteiger partial charge in [0.1, 0.15) is 11.8 Å². The lowest BCUT2D eigenvalue weighted by atomic mass is 9.45. The molecule has 3 saturated carbocycles. The van der Waals surface area contributed by atoms with Gasteiger partial charge >= 0.3 is 5.97 Å². The van der Waals surface area contributed by atoms with Crippen LogP contribution in [0.3, 0.4) is 0 Å². The highest BCUT2D eigenvalue weighted by Crippen LogP contribution is 2.69. The minimum absolute atomic E-state index is 0.00354. The Kier molecular flexibility index (Phi) is 6.74. The molecule has 0 unspecified atom stereocenters. The van der Waals surface area contributed by atoms with Crippen LogP contribution >= 0.6 is 11.8 Å². The number of carbonyl (C=O) groups excluding carboxylic acids is 2. The number of aliphatic hydroxyl groups excluding tert-OH is 1. The summed E-state index contributed by atoms with van der Waals surface area (Å²) >= 11 is 0.528. The number of carbonyl (C=O) groups is 2. The highest BCUT2D eigenvalue weighted by atomic mass is 32.2. The molecule has 3 fully saturated rings. The van der Waals surface area contributed by atoms with E-state index in [1.54, 1.807) is 18.2 Å². The lowest BCUT2D eigenvalue weighted by Gasteiger charge is -2.60. The molecule has 2 heterocycles. The van der Waals surface area contributed by atoms with E-state index < -0.39 is 34.2 Å². The summed E-state index contributed by atoms with van der Waals surface area (Å²) in [6.45, 7) is 4.17. The minimum atomic E-state index is -1.57. The van der Waals surface area contributed by atoms with Crippen molar-refractivity contribution in [2.75, 3.05) is 6.01 Å². The Morgan fingerprint density at radius 2 is 2.00 bits per heavy atom. The van der Waals surface area contributed by atoms with Gasteiger partial charge in [-0.15, -0.1) is 0 Å². The molecule has 7 nitrogen and oxygen atoms in total. The van der Waals surface area contributed by atoms with E-state index >= 15 is 0 Å². The number of allylic oxidation sites excluding steroid dienone is 1. The molecule has 226 valence electrons. The monoisotopic (exact) mass is 608 g/mol. The Morgan fingerprint density at radius 3 is 2.72 bits per heavy atom. The number of aliphatic hydroxyl groups is 1. The van der Waals surface area contributed by atoms with E-state index in [1.807, 2.05) is 17.8 Å². The van der Waals surface area contributed by atoms with Crippen LogP contribution in [0.1, 0.15) is 67.8 Å². The van der Waals surface area contributed by atoms with Gasteiger partial charge < -0.3 is 14.3 Å². The standard InChI is InChI=1S/C33H34F2N2O5S/c1-31-15-19-17-36-37(22-8-6-21(35)7-9-22)25(19)14-20(31)5-10-23-24-11-12-33(30(40)43-18-34,32(24,2)16-26(38)28(23)31)42-29(39)27-4-3-13-41-27/h3-4,6-9,13-14,17,23-24,26,28,38H,5,10-12,15-16,18H2,1-2H3/t23-,24-,26-,28+,31-,32-,33-/m0/s1. The van der Waals surface area contributed by atoms with Crippen LogP contribution in [0.2, 0.25) is 0 Å². The molecule has 4 aliphatic carbocycles. The van der Waals surface area contributed by atoms with Crippen molar-refractivity contribution >= 4 is 28.9 Å². The fourth-order valence-electron chi connectivity index (χ4n) is 9.27. The van der Waals surface area contributed by atoms with Crippen molar-refractivity contribution in [1.29, 1.82) is 0 Å². The topological polar surface area (TPSA) is 94.6 Å². The maximum atomic E-state index is 13.7. The van der Waals surface area contributed by atoms with Gasteiger partial charge in [-0.2, -0.15) is 5.10 Å². The van der Waals surface area contributed by atoms with E-state index in [0.717, 1.165) is 29.8 Å². The molecule has 7 rings (SSSR count). The zero-order valence-corrected chi connectivity index (χ0v) is 24.9. The first-order chi connectivity index (χ1) is 20.6. The predicted molar refractivity (Wildman–Crippen MR) is 156 cm³/mol. The van der Waals surface area contributed by atoms with Crippen LogP contribution in [-0.2, 0) is 16.0 Å². The summed E-state index contributed by atoms with van der Waals surface area (Å²) in [6, 6.07) is 8.41. The summed E-state index contributed by atoms with van der Waals surface area (Å²) in [5, 5.41) is 16.1. The Morgan fingerprint density at radius 1 is 1.21 bits per heavy atom. The minimum Gasteiger partial charge on any atom is -0.457 e. The molecule has 0 bridgehead atoms. The van der Waals surface area contributed by atoms with E-state index in [0.29, 0.717) is 24.6 Å². The second kappa shape index (κ2) is 10.2. The first-order valence-electron chi connectivity index (χ1n) is 14.8. The normalized spacial score (nSPS) is 34.4. The van der Waals surface area contributed by atoms with Crippen molar-refractivity contribution < 1.29 is 32.6 Å². The highest BCUT2D eigenvalue weighted by molar-refractivity contribution is 8.13. The number of aromatic nitrogens is 2. The van der Waals surface area contributed by atoms with Crippen molar-refractivity contribution in [1.82, 2.24) is 9.78 Å². The fraction of sp³-hybridized carbons (Fsp3) is 0.485. The zero-order valence-electron chi connectivity index (χ0n) is 24.1. The molecule has 0 amide bonds. The lowest BCUT2D eigenvalue weighted by molar-refractivity contribution is -0.175. The molecule has 1 aromatic carbocycles. The second-order valence-corrected chi connectivity index (χ2v) is 13.9. The molecule has 1 N–H and O–H groups in total. The number of hydrogen-bond acceptors (Lipinski definition) is 7. The van der Waals surface area contributed by atoms with E-state index in [1.165, 1.54) is 30.0 Å². The molecule has 0 saturated heterocycles. The van der Waals surface area contributed by atoms with Crippen molar-refractivity contribution in [3.8, 4) is 5.69 Å². The number of nitrogens with zero attached hydrogens (tertiary/aromatic N) is 2. The summed E-state index contributed by atoms with van der Waals surface area (Å²) in [5.74, 6) is -1.07. The predicted octanol–water partition coefficient (Wildman–Crippen LogP) is 6.54. The fourth-order valence-corrected chi connectivity index (χ4v) is 9.98. The summed E-state index contributed by atoms with van der Waals surface area (Å²) in [7, 11) is 0.